The molecular weight excluding hydrogens is 494 g/mol. The third-order valence-corrected chi connectivity index (χ3v) is 9.00. The van der Waals surface area contributed by atoms with Gasteiger partial charge in [0.2, 0.25) is 5.95 Å². The monoisotopic (exact) mass is 533 g/mol. The Labute approximate surface area is 229 Å². The SMILES string of the molecule is C[C@@H]1[C@H](N2CCN(C)C2=O)CCCN1c1nnc(C(N)=O)c(Nc2ccc(C3CCN(C4CC4)CC3)cc2)n1. The third-order valence-electron chi connectivity index (χ3n) is 9.00. The van der Waals surface area contributed by atoms with Crippen LogP contribution in [-0.4, -0.2) is 99.7 Å². The number of nitrogens with zero attached hydrogens (tertiary/aromatic N) is 7. The fraction of sp³-hybridized carbons (Fsp3) is 0.607. The average molecular weight is 534 g/mol. The van der Waals surface area contributed by atoms with E-state index in [-0.39, 0.29) is 23.8 Å². The first-order chi connectivity index (χ1) is 18.9. The van der Waals surface area contributed by atoms with Crippen LogP contribution in [0.2, 0.25) is 0 Å². The van der Waals surface area contributed by atoms with Gasteiger partial charge >= 0.3 is 6.03 Å². The van der Waals surface area contributed by atoms with Gasteiger partial charge in [-0.1, -0.05) is 12.1 Å². The molecule has 3 saturated heterocycles. The second-order valence-electron chi connectivity index (χ2n) is 11.5. The summed E-state index contributed by atoms with van der Waals surface area (Å²) in [5.41, 5.74) is 7.80. The van der Waals surface area contributed by atoms with E-state index in [1.54, 1.807) is 4.90 Å². The highest BCUT2D eigenvalue weighted by atomic mass is 16.2. The highest BCUT2D eigenvalue weighted by Crippen LogP contribution is 2.35. The van der Waals surface area contributed by atoms with Gasteiger partial charge in [0.15, 0.2) is 11.5 Å². The van der Waals surface area contributed by atoms with Crippen molar-refractivity contribution in [1.82, 2.24) is 29.9 Å². The number of rotatable bonds is 7. The predicted molar refractivity (Wildman–Crippen MR) is 149 cm³/mol. The molecule has 11 nitrogen and oxygen atoms in total. The molecule has 1 saturated carbocycles. The Morgan fingerprint density at radius 3 is 2.33 bits per heavy atom. The van der Waals surface area contributed by atoms with E-state index in [1.165, 1.54) is 44.3 Å². The number of aromatic nitrogens is 3. The topological polar surface area (TPSA) is 124 Å². The molecule has 39 heavy (non-hydrogen) atoms. The van der Waals surface area contributed by atoms with Gasteiger partial charge in [0, 0.05) is 44.5 Å². The Morgan fingerprint density at radius 2 is 1.69 bits per heavy atom. The fourth-order valence-corrected chi connectivity index (χ4v) is 6.50. The second kappa shape index (κ2) is 10.6. The van der Waals surface area contributed by atoms with Crippen molar-refractivity contribution in [2.45, 2.75) is 69.5 Å². The number of amides is 3. The van der Waals surface area contributed by atoms with Crippen LogP contribution >= 0.6 is 0 Å². The highest BCUT2D eigenvalue weighted by molar-refractivity contribution is 5.96. The lowest BCUT2D eigenvalue weighted by Gasteiger charge is -2.43. The van der Waals surface area contributed by atoms with Crippen LogP contribution in [0.4, 0.5) is 22.2 Å². The Balaban J connectivity index is 1.17. The fourth-order valence-electron chi connectivity index (χ4n) is 6.50. The molecule has 208 valence electrons. The maximum absolute atomic E-state index is 12.7. The summed E-state index contributed by atoms with van der Waals surface area (Å²) in [5.74, 6) is 0.625. The van der Waals surface area contributed by atoms with Crippen LogP contribution in [0.5, 0.6) is 0 Å². The maximum Gasteiger partial charge on any atom is 0.320 e. The first kappa shape index (κ1) is 25.8. The average Bonchev–Trinajstić information content (AvgIpc) is 3.75. The van der Waals surface area contributed by atoms with Crippen molar-refractivity contribution in [3.05, 3.63) is 35.5 Å². The molecule has 0 bridgehead atoms. The normalized spacial score (nSPS) is 24.9. The van der Waals surface area contributed by atoms with Gasteiger partial charge in [-0.3, -0.25) is 4.79 Å². The molecule has 2 atom stereocenters. The van der Waals surface area contributed by atoms with Crippen LogP contribution in [0.25, 0.3) is 0 Å². The molecule has 6 rings (SSSR count). The zero-order chi connectivity index (χ0) is 27.1. The number of primary amides is 1. The Kier molecular flexibility index (Phi) is 7.01. The Bertz CT molecular complexity index is 1210. The van der Waals surface area contributed by atoms with Crippen LogP contribution in [0, 0.1) is 0 Å². The molecule has 4 heterocycles. The molecule has 3 amide bonds. The smallest absolute Gasteiger partial charge is 0.320 e. The van der Waals surface area contributed by atoms with E-state index < -0.39 is 5.91 Å². The summed E-state index contributed by atoms with van der Waals surface area (Å²) in [6, 6.07) is 9.38. The van der Waals surface area contributed by atoms with Crippen molar-refractivity contribution in [2.24, 2.45) is 5.73 Å². The Hall–Kier alpha value is -3.47. The van der Waals surface area contributed by atoms with Gasteiger partial charge < -0.3 is 30.7 Å². The summed E-state index contributed by atoms with van der Waals surface area (Å²) in [6.45, 7) is 6.68. The van der Waals surface area contributed by atoms with Gasteiger partial charge in [-0.2, -0.15) is 4.98 Å². The van der Waals surface area contributed by atoms with Crippen LogP contribution in [-0.2, 0) is 0 Å². The summed E-state index contributed by atoms with van der Waals surface area (Å²) < 4.78 is 0. The third kappa shape index (κ3) is 5.24. The number of piperidine rings is 2. The zero-order valence-corrected chi connectivity index (χ0v) is 22.9. The molecule has 0 spiro atoms. The maximum atomic E-state index is 12.7. The summed E-state index contributed by atoms with van der Waals surface area (Å²) in [7, 11) is 1.84. The summed E-state index contributed by atoms with van der Waals surface area (Å²) >= 11 is 0. The molecule has 1 aliphatic carbocycles. The number of likely N-dealkylation sites (tertiary alicyclic amines) is 1. The van der Waals surface area contributed by atoms with E-state index in [0.29, 0.717) is 17.7 Å². The van der Waals surface area contributed by atoms with E-state index in [1.807, 2.05) is 24.1 Å². The number of anilines is 3. The molecule has 4 fully saturated rings. The molecule has 1 aromatic heterocycles. The van der Waals surface area contributed by atoms with Gasteiger partial charge in [-0.05, 0) is 82.2 Å². The van der Waals surface area contributed by atoms with Crippen molar-refractivity contribution >= 4 is 29.4 Å². The van der Waals surface area contributed by atoms with E-state index >= 15 is 0 Å². The van der Waals surface area contributed by atoms with Gasteiger partial charge in [0.1, 0.15) is 0 Å². The van der Waals surface area contributed by atoms with Crippen LogP contribution in [0.1, 0.15) is 67.4 Å². The minimum Gasteiger partial charge on any atom is -0.364 e. The van der Waals surface area contributed by atoms with Crippen LogP contribution < -0.4 is 16.0 Å². The minimum absolute atomic E-state index is 0.00725. The number of nitrogens with two attached hydrogens (primary N) is 1. The summed E-state index contributed by atoms with van der Waals surface area (Å²) in [6.07, 6.45) is 6.97. The lowest BCUT2D eigenvalue weighted by Crippen LogP contribution is -2.55. The Morgan fingerprint density at radius 1 is 0.949 bits per heavy atom. The minimum atomic E-state index is -0.682. The van der Waals surface area contributed by atoms with Crippen molar-refractivity contribution in [1.29, 1.82) is 0 Å². The number of urea groups is 1. The van der Waals surface area contributed by atoms with Gasteiger partial charge in [0.25, 0.3) is 5.91 Å². The van der Waals surface area contributed by atoms with Gasteiger partial charge in [0.05, 0.1) is 6.04 Å². The van der Waals surface area contributed by atoms with E-state index in [9.17, 15) is 9.59 Å². The molecule has 3 N–H and O–H groups in total. The van der Waals surface area contributed by atoms with E-state index in [4.69, 9.17) is 10.7 Å². The van der Waals surface area contributed by atoms with E-state index in [0.717, 1.165) is 44.2 Å². The van der Waals surface area contributed by atoms with Gasteiger partial charge in [-0.15, -0.1) is 10.2 Å². The molecule has 0 radical (unpaired) electrons. The van der Waals surface area contributed by atoms with Crippen LogP contribution in [0.15, 0.2) is 24.3 Å². The molecule has 4 aliphatic rings. The molecule has 3 aliphatic heterocycles. The van der Waals surface area contributed by atoms with Crippen molar-refractivity contribution in [2.75, 3.05) is 50.0 Å². The number of carbonyl (C=O) groups excluding carboxylic acids is 2. The van der Waals surface area contributed by atoms with E-state index in [2.05, 4.69) is 44.4 Å². The molecular formula is C28H39N9O2. The van der Waals surface area contributed by atoms with Crippen molar-refractivity contribution < 1.29 is 9.59 Å². The standard InChI is InChI=1S/C28H39N9O2/c1-18-23(37-17-16-34(2)28(37)39)4-3-13-36(18)27-31-26(24(25(29)38)32-33-27)30-21-7-5-19(6-8-21)20-11-14-35(15-12-20)22-9-10-22/h5-8,18,20,22-23H,3-4,9-17H2,1-2H3,(H2,29,38)(H,30,31,33)/t18-,23-/m1/s1. The molecule has 1 aromatic carbocycles. The van der Waals surface area contributed by atoms with Crippen molar-refractivity contribution in [3.8, 4) is 0 Å². The summed E-state index contributed by atoms with van der Waals surface area (Å²) in [4.78, 5) is 38.0. The van der Waals surface area contributed by atoms with Gasteiger partial charge in [-0.25, -0.2) is 4.79 Å². The second-order valence-corrected chi connectivity index (χ2v) is 11.5. The first-order valence-electron chi connectivity index (χ1n) is 14.3. The summed E-state index contributed by atoms with van der Waals surface area (Å²) in [5, 5.41) is 11.7. The highest BCUT2D eigenvalue weighted by Gasteiger charge is 2.39. The number of benzene rings is 1. The quantitative estimate of drug-likeness (QED) is 0.557. The number of nitrogens with one attached hydrogen (secondary N) is 1. The number of likely N-dealkylation sites (N-methyl/N-ethyl adjacent to an activating group) is 1. The van der Waals surface area contributed by atoms with Crippen LogP contribution in [0.3, 0.4) is 0 Å². The number of carbonyl (C=O) groups is 2. The lowest BCUT2D eigenvalue weighted by atomic mass is 9.89. The van der Waals surface area contributed by atoms with Crippen molar-refractivity contribution in [3.63, 3.8) is 0 Å². The first-order valence-corrected chi connectivity index (χ1v) is 14.3. The number of hydrogen-bond acceptors (Lipinski definition) is 8. The largest absolute Gasteiger partial charge is 0.364 e. The number of hydrogen-bond donors (Lipinski definition) is 2. The lowest BCUT2D eigenvalue weighted by molar-refractivity contribution is 0.0995. The molecule has 2 aromatic rings. The molecule has 11 heteroatoms. The molecule has 0 unspecified atom stereocenters. The predicted octanol–water partition coefficient (Wildman–Crippen LogP) is 2.78. The zero-order valence-electron chi connectivity index (χ0n) is 22.9.